The van der Waals surface area contributed by atoms with Gasteiger partial charge in [-0.3, -0.25) is 10.1 Å². The van der Waals surface area contributed by atoms with Crippen molar-refractivity contribution in [3.8, 4) is 17.2 Å². The summed E-state index contributed by atoms with van der Waals surface area (Å²) in [6, 6.07) is 3.18. The summed E-state index contributed by atoms with van der Waals surface area (Å²) in [5, 5.41) is 4.49. The minimum absolute atomic E-state index is 0.152. The monoisotopic (exact) mass is 408 g/mol. The van der Waals surface area contributed by atoms with Gasteiger partial charge in [0.05, 0.1) is 26.4 Å². The second kappa shape index (κ2) is 10.5. The first kappa shape index (κ1) is 21.5. The zero-order valence-electron chi connectivity index (χ0n) is 16.4. The topological polar surface area (TPSA) is 96.0 Å². The van der Waals surface area contributed by atoms with E-state index in [1.54, 1.807) is 19.1 Å². The fourth-order valence-corrected chi connectivity index (χ4v) is 2.99. The molecule has 152 valence electrons. The number of rotatable bonds is 10. The number of nitrogens with one attached hydrogen (secondary N) is 1. The van der Waals surface area contributed by atoms with Gasteiger partial charge in [0.15, 0.2) is 22.3 Å². The summed E-state index contributed by atoms with van der Waals surface area (Å²) in [4.78, 5) is 28.5. The first-order valence-corrected chi connectivity index (χ1v) is 9.92. The highest BCUT2D eigenvalue weighted by molar-refractivity contribution is 7.14. The van der Waals surface area contributed by atoms with Crippen molar-refractivity contribution in [2.45, 2.75) is 27.7 Å². The molecule has 0 aliphatic carbocycles. The Morgan fingerprint density at radius 3 is 2.11 bits per heavy atom. The highest BCUT2D eigenvalue weighted by atomic mass is 32.1. The number of amides is 1. The predicted octanol–water partition coefficient (Wildman–Crippen LogP) is 3.77. The van der Waals surface area contributed by atoms with Gasteiger partial charge in [0, 0.05) is 10.9 Å². The molecule has 2 aromatic rings. The number of benzene rings is 1. The van der Waals surface area contributed by atoms with Crippen LogP contribution in [0.25, 0.3) is 0 Å². The molecular formula is C19H24N2O6S. The number of ether oxygens (including phenoxy) is 4. The number of esters is 1. The van der Waals surface area contributed by atoms with Crippen molar-refractivity contribution in [1.29, 1.82) is 0 Å². The van der Waals surface area contributed by atoms with Gasteiger partial charge in [0.2, 0.25) is 5.75 Å². The molecule has 1 aromatic heterocycles. The van der Waals surface area contributed by atoms with Crippen molar-refractivity contribution < 1.29 is 28.5 Å². The molecular weight excluding hydrogens is 384 g/mol. The lowest BCUT2D eigenvalue weighted by Gasteiger charge is -2.16. The molecule has 0 fully saturated rings. The van der Waals surface area contributed by atoms with Crippen LogP contribution in [0.2, 0.25) is 0 Å². The largest absolute Gasteiger partial charge is 0.490 e. The third-order valence-electron chi connectivity index (χ3n) is 3.38. The quantitative estimate of drug-likeness (QED) is 0.598. The van der Waals surface area contributed by atoms with E-state index in [2.05, 4.69) is 10.3 Å². The van der Waals surface area contributed by atoms with Crippen LogP contribution in [0.4, 0.5) is 5.13 Å². The van der Waals surface area contributed by atoms with Crippen LogP contribution in [0.15, 0.2) is 17.5 Å². The minimum atomic E-state index is -0.530. The number of hydrogen-bond acceptors (Lipinski definition) is 8. The lowest BCUT2D eigenvalue weighted by Crippen LogP contribution is -2.13. The van der Waals surface area contributed by atoms with E-state index in [1.807, 2.05) is 20.8 Å². The van der Waals surface area contributed by atoms with Gasteiger partial charge in [0.25, 0.3) is 5.91 Å². The molecule has 9 heteroatoms. The normalized spacial score (nSPS) is 10.3. The number of carbonyl (C=O) groups is 2. The molecule has 1 heterocycles. The summed E-state index contributed by atoms with van der Waals surface area (Å²) in [5.41, 5.74) is 0.474. The van der Waals surface area contributed by atoms with Crippen LogP contribution in [0.5, 0.6) is 17.2 Å². The molecule has 0 aliphatic heterocycles. The van der Waals surface area contributed by atoms with Gasteiger partial charge in [-0.05, 0) is 39.8 Å². The average molecular weight is 408 g/mol. The van der Waals surface area contributed by atoms with Crippen molar-refractivity contribution in [2.75, 3.05) is 31.7 Å². The Balaban J connectivity index is 2.27. The molecule has 28 heavy (non-hydrogen) atoms. The van der Waals surface area contributed by atoms with Crippen LogP contribution in [0.3, 0.4) is 0 Å². The molecule has 1 amide bonds. The van der Waals surface area contributed by atoms with Crippen molar-refractivity contribution in [1.82, 2.24) is 4.98 Å². The number of thiazole rings is 1. The number of hydrogen-bond donors (Lipinski definition) is 1. The van der Waals surface area contributed by atoms with Crippen LogP contribution in [0.1, 0.15) is 48.5 Å². The summed E-state index contributed by atoms with van der Waals surface area (Å²) >= 11 is 1.14. The first-order chi connectivity index (χ1) is 13.5. The average Bonchev–Trinajstić information content (AvgIpc) is 3.13. The van der Waals surface area contributed by atoms with Crippen molar-refractivity contribution in [3.63, 3.8) is 0 Å². The number of nitrogens with zero attached hydrogens (tertiary/aromatic N) is 1. The smallest absolute Gasteiger partial charge is 0.357 e. The number of carbonyl (C=O) groups excluding carboxylic acids is 2. The molecule has 0 saturated carbocycles. The standard InChI is InChI=1S/C19H24N2O6S/c1-5-24-14-9-12(10-15(25-6-2)16(14)26-7-3)17(22)21-19-20-13(11-28-19)18(23)27-8-4/h9-11H,5-8H2,1-4H3,(H,20,21,22). The second-order valence-corrected chi connectivity index (χ2v) is 6.17. The van der Waals surface area contributed by atoms with Gasteiger partial charge < -0.3 is 18.9 Å². The Hall–Kier alpha value is -2.81. The minimum Gasteiger partial charge on any atom is -0.490 e. The van der Waals surface area contributed by atoms with Gasteiger partial charge in [-0.15, -0.1) is 11.3 Å². The van der Waals surface area contributed by atoms with Gasteiger partial charge in [-0.25, -0.2) is 9.78 Å². The molecule has 0 spiro atoms. The summed E-state index contributed by atoms with van der Waals surface area (Å²) in [6.45, 7) is 8.76. The van der Waals surface area contributed by atoms with Gasteiger partial charge in [0.1, 0.15) is 0 Å². The van der Waals surface area contributed by atoms with E-state index in [1.165, 1.54) is 5.38 Å². The summed E-state index contributed by atoms with van der Waals surface area (Å²) in [5.74, 6) is 0.368. The molecule has 0 unspecified atom stereocenters. The summed E-state index contributed by atoms with van der Waals surface area (Å²) in [6.07, 6.45) is 0. The predicted molar refractivity (Wildman–Crippen MR) is 106 cm³/mol. The van der Waals surface area contributed by atoms with Crippen molar-refractivity contribution in [2.24, 2.45) is 0 Å². The van der Waals surface area contributed by atoms with E-state index in [0.717, 1.165) is 11.3 Å². The van der Waals surface area contributed by atoms with E-state index in [9.17, 15) is 9.59 Å². The van der Waals surface area contributed by atoms with Gasteiger partial charge in [-0.2, -0.15) is 0 Å². The molecule has 1 aromatic carbocycles. The molecule has 0 radical (unpaired) electrons. The molecule has 0 aliphatic rings. The molecule has 0 saturated heterocycles. The molecule has 0 bridgehead atoms. The SMILES string of the molecule is CCOC(=O)c1csc(NC(=O)c2cc(OCC)c(OCC)c(OCC)c2)n1. The Kier molecular flexibility index (Phi) is 8.06. The lowest BCUT2D eigenvalue weighted by molar-refractivity contribution is 0.0520. The zero-order valence-corrected chi connectivity index (χ0v) is 17.2. The highest BCUT2D eigenvalue weighted by Crippen LogP contribution is 2.39. The second-order valence-electron chi connectivity index (χ2n) is 5.31. The highest BCUT2D eigenvalue weighted by Gasteiger charge is 2.20. The van der Waals surface area contributed by atoms with Crippen LogP contribution in [0, 0.1) is 0 Å². The van der Waals surface area contributed by atoms with E-state index in [-0.39, 0.29) is 17.4 Å². The Morgan fingerprint density at radius 2 is 1.57 bits per heavy atom. The third-order valence-corrected chi connectivity index (χ3v) is 4.14. The Labute approximate surface area is 167 Å². The molecule has 8 nitrogen and oxygen atoms in total. The van der Waals surface area contributed by atoms with E-state index in [0.29, 0.717) is 42.6 Å². The summed E-state index contributed by atoms with van der Waals surface area (Å²) < 4.78 is 21.8. The maximum atomic E-state index is 12.7. The maximum absolute atomic E-state index is 12.7. The molecule has 1 N–H and O–H groups in total. The van der Waals surface area contributed by atoms with Crippen LogP contribution in [-0.4, -0.2) is 43.3 Å². The zero-order chi connectivity index (χ0) is 20.5. The molecule has 0 atom stereocenters. The van der Waals surface area contributed by atoms with E-state index >= 15 is 0 Å². The molecule has 2 rings (SSSR count). The Bertz CT molecular complexity index is 794. The van der Waals surface area contributed by atoms with E-state index < -0.39 is 11.9 Å². The summed E-state index contributed by atoms with van der Waals surface area (Å²) in [7, 11) is 0. The van der Waals surface area contributed by atoms with Gasteiger partial charge >= 0.3 is 5.97 Å². The van der Waals surface area contributed by atoms with Gasteiger partial charge in [-0.1, -0.05) is 0 Å². The first-order valence-electron chi connectivity index (χ1n) is 9.04. The lowest BCUT2D eigenvalue weighted by atomic mass is 10.1. The van der Waals surface area contributed by atoms with Crippen LogP contribution >= 0.6 is 11.3 Å². The number of aromatic nitrogens is 1. The fraction of sp³-hybridized carbons (Fsp3) is 0.421. The Morgan fingerprint density at radius 1 is 0.964 bits per heavy atom. The third kappa shape index (κ3) is 5.35. The van der Waals surface area contributed by atoms with Crippen LogP contribution in [-0.2, 0) is 4.74 Å². The van der Waals surface area contributed by atoms with Crippen LogP contribution < -0.4 is 19.5 Å². The van der Waals surface area contributed by atoms with Crippen molar-refractivity contribution >= 4 is 28.3 Å². The fourth-order valence-electron chi connectivity index (χ4n) is 2.32. The van der Waals surface area contributed by atoms with Crippen molar-refractivity contribution in [3.05, 3.63) is 28.8 Å². The maximum Gasteiger partial charge on any atom is 0.357 e. The van der Waals surface area contributed by atoms with E-state index in [4.69, 9.17) is 18.9 Å². The number of anilines is 1.